The van der Waals surface area contributed by atoms with Crippen molar-refractivity contribution in [2.24, 2.45) is 11.8 Å². The summed E-state index contributed by atoms with van der Waals surface area (Å²) in [6.07, 6.45) is 1.32. The van der Waals surface area contributed by atoms with E-state index >= 15 is 0 Å². The number of carbonyl (C=O) groups excluding carboxylic acids is 1. The van der Waals surface area contributed by atoms with Gasteiger partial charge in [-0.2, -0.15) is 0 Å². The van der Waals surface area contributed by atoms with Crippen molar-refractivity contribution in [2.75, 3.05) is 20.2 Å². The highest BCUT2D eigenvalue weighted by atomic mass is 79.9. The standard InChI is InChI=1S/C13H14BrNO2/c1-17-12-3-2-8(5-11(12)14)13(16)15-6-9-4-10(9)7-15/h2-3,5,9-10H,4,6-7H2,1H3. The Morgan fingerprint density at radius 1 is 1.41 bits per heavy atom. The van der Waals surface area contributed by atoms with Gasteiger partial charge in [-0.1, -0.05) is 0 Å². The van der Waals surface area contributed by atoms with E-state index in [0.29, 0.717) is 0 Å². The van der Waals surface area contributed by atoms with Crippen LogP contribution < -0.4 is 4.74 Å². The number of methoxy groups -OCH3 is 1. The normalized spacial score (nSPS) is 25.6. The highest BCUT2D eigenvalue weighted by Gasteiger charge is 2.46. The molecule has 1 amide bonds. The van der Waals surface area contributed by atoms with Gasteiger partial charge in [0, 0.05) is 18.7 Å². The molecule has 1 aromatic rings. The molecule has 2 unspecified atom stereocenters. The van der Waals surface area contributed by atoms with Gasteiger partial charge in [-0.25, -0.2) is 0 Å². The Balaban J connectivity index is 1.79. The number of fused-ring (bicyclic) bond motifs is 1. The fourth-order valence-corrected chi connectivity index (χ4v) is 3.09. The summed E-state index contributed by atoms with van der Waals surface area (Å²) in [6, 6.07) is 5.50. The predicted molar refractivity (Wildman–Crippen MR) is 68.2 cm³/mol. The molecule has 1 saturated heterocycles. The first-order chi connectivity index (χ1) is 8.19. The predicted octanol–water partition coefficient (Wildman–Crippen LogP) is 2.55. The smallest absolute Gasteiger partial charge is 0.253 e. The van der Waals surface area contributed by atoms with E-state index in [1.165, 1.54) is 6.42 Å². The van der Waals surface area contributed by atoms with Gasteiger partial charge in [0.2, 0.25) is 0 Å². The molecule has 1 aliphatic heterocycles. The Kier molecular flexibility index (Phi) is 2.62. The summed E-state index contributed by atoms with van der Waals surface area (Å²) in [7, 11) is 1.62. The van der Waals surface area contributed by atoms with Crippen molar-refractivity contribution in [3.8, 4) is 5.75 Å². The molecule has 0 N–H and O–H groups in total. The van der Waals surface area contributed by atoms with Crippen molar-refractivity contribution in [1.29, 1.82) is 0 Å². The third-order valence-corrected chi connectivity index (χ3v) is 4.28. The van der Waals surface area contributed by atoms with Crippen LogP contribution in [0.25, 0.3) is 0 Å². The molecular weight excluding hydrogens is 282 g/mol. The molecule has 0 radical (unpaired) electrons. The number of ether oxygens (including phenoxy) is 1. The van der Waals surface area contributed by atoms with Crippen LogP contribution in [0.2, 0.25) is 0 Å². The molecule has 2 aliphatic rings. The van der Waals surface area contributed by atoms with E-state index < -0.39 is 0 Å². The maximum Gasteiger partial charge on any atom is 0.253 e. The van der Waals surface area contributed by atoms with Crippen molar-refractivity contribution in [3.05, 3.63) is 28.2 Å². The van der Waals surface area contributed by atoms with Crippen LogP contribution in [0.15, 0.2) is 22.7 Å². The lowest BCUT2D eigenvalue weighted by atomic mass is 10.2. The van der Waals surface area contributed by atoms with Crippen molar-refractivity contribution >= 4 is 21.8 Å². The van der Waals surface area contributed by atoms with E-state index in [-0.39, 0.29) is 5.91 Å². The van der Waals surface area contributed by atoms with Crippen molar-refractivity contribution in [2.45, 2.75) is 6.42 Å². The molecule has 3 rings (SSSR count). The van der Waals surface area contributed by atoms with Crippen molar-refractivity contribution < 1.29 is 9.53 Å². The van der Waals surface area contributed by atoms with Crippen LogP contribution >= 0.6 is 15.9 Å². The minimum absolute atomic E-state index is 0.139. The molecule has 1 aromatic carbocycles. The van der Waals surface area contributed by atoms with Gasteiger partial charge >= 0.3 is 0 Å². The quantitative estimate of drug-likeness (QED) is 0.839. The molecule has 1 heterocycles. The zero-order valence-corrected chi connectivity index (χ0v) is 11.2. The molecule has 0 bridgehead atoms. The molecule has 90 valence electrons. The monoisotopic (exact) mass is 295 g/mol. The highest BCUT2D eigenvalue weighted by molar-refractivity contribution is 9.10. The van der Waals surface area contributed by atoms with Crippen LogP contribution in [0.5, 0.6) is 5.75 Å². The Labute approximate surface area is 109 Å². The maximum atomic E-state index is 12.2. The zero-order chi connectivity index (χ0) is 12.0. The lowest BCUT2D eigenvalue weighted by Gasteiger charge is -2.18. The summed E-state index contributed by atoms with van der Waals surface area (Å²) in [5, 5.41) is 0. The molecule has 2 fully saturated rings. The Hall–Kier alpha value is -1.03. The molecule has 0 spiro atoms. The topological polar surface area (TPSA) is 29.5 Å². The third-order valence-electron chi connectivity index (χ3n) is 3.66. The molecule has 1 saturated carbocycles. The van der Waals surface area contributed by atoms with E-state index in [0.717, 1.165) is 40.7 Å². The van der Waals surface area contributed by atoms with Gasteiger partial charge in [0.05, 0.1) is 11.6 Å². The fraction of sp³-hybridized carbons (Fsp3) is 0.462. The van der Waals surface area contributed by atoms with Gasteiger partial charge in [0.25, 0.3) is 5.91 Å². The van der Waals surface area contributed by atoms with Gasteiger partial charge < -0.3 is 9.64 Å². The average Bonchev–Trinajstić information content (AvgIpc) is 2.95. The number of piperidine rings is 1. The molecule has 4 heteroatoms. The third kappa shape index (κ3) is 1.95. The molecule has 3 nitrogen and oxygen atoms in total. The van der Waals surface area contributed by atoms with E-state index in [1.807, 2.05) is 23.1 Å². The SMILES string of the molecule is COc1ccc(C(=O)N2CC3CC3C2)cc1Br. The van der Waals surface area contributed by atoms with Gasteiger partial charge in [-0.15, -0.1) is 0 Å². The van der Waals surface area contributed by atoms with E-state index in [2.05, 4.69) is 15.9 Å². The summed E-state index contributed by atoms with van der Waals surface area (Å²) in [5.74, 6) is 2.45. The van der Waals surface area contributed by atoms with Crippen LogP contribution in [0.4, 0.5) is 0 Å². The van der Waals surface area contributed by atoms with E-state index in [4.69, 9.17) is 4.74 Å². The highest BCUT2D eigenvalue weighted by Crippen LogP contribution is 2.45. The van der Waals surface area contributed by atoms with E-state index in [9.17, 15) is 4.79 Å². The van der Waals surface area contributed by atoms with E-state index in [1.54, 1.807) is 7.11 Å². The molecule has 2 atom stereocenters. The minimum atomic E-state index is 0.139. The number of amides is 1. The van der Waals surface area contributed by atoms with Gasteiger partial charge in [0.1, 0.15) is 5.75 Å². The Morgan fingerprint density at radius 2 is 2.12 bits per heavy atom. The average molecular weight is 296 g/mol. The summed E-state index contributed by atoms with van der Waals surface area (Å²) < 4.78 is 5.99. The van der Waals surface area contributed by atoms with Crippen LogP contribution in [0.1, 0.15) is 16.8 Å². The van der Waals surface area contributed by atoms with Gasteiger partial charge in [-0.05, 0) is 52.4 Å². The number of hydrogen-bond donors (Lipinski definition) is 0. The van der Waals surface area contributed by atoms with Crippen LogP contribution in [0.3, 0.4) is 0 Å². The first-order valence-corrected chi connectivity index (χ1v) is 6.61. The second-order valence-corrected chi connectivity index (χ2v) is 5.67. The molecule has 1 aliphatic carbocycles. The second kappa shape index (κ2) is 4.02. The van der Waals surface area contributed by atoms with Crippen LogP contribution in [-0.4, -0.2) is 31.0 Å². The lowest BCUT2D eigenvalue weighted by molar-refractivity contribution is 0.0775. The maximum absolute atomic E-state index is 12.2. The number of benzene rings is 1. The molecular formula is C13H14BrNO2. The number of rotatable bonds is 2. The second-order valence-electron chi connectivity index (χ2n) is 4.82. The van der Waals surface area contributed by atoms with Gasteiger partial charge in [-0.3, -0.25) is 4.79 Å². The van der Waals surface area contributed by atoms with Crippen molar-refractivity contribution in [1.82, 2.24) is 4.90 Å². The number of carbonyl (C=O) groups is 1. The lowest BCUT2D eigenvalue weighted by Crippen LogP contribution is -2.30. The van der Waals surface area contributed by atoms with Crippen molar-refractivity contribution in [3.63, 3.8) is 0 Å². The molecule has 17 heavy (non-hydrogen) atoms. The van der Waals surface area contributed by atoms with Crippen LogP contribution in [0, 0.1) is 11.8 Å². The zero-order valence-electron chi connectivity index (χ0n) is 9.65. The number of hydrogen-bond acceptors (Lipinski definition) is 2. The number of likely N-dealkylation sites (tertiary alicyclic amines) is 1. The minimum Gasteiger partial charge on any atom is -0.496 e. The Morgan fingerprint density at radius 3 is 2.71 bits per heavy atom. The first-order valence-electron chi connectivity index (χ1n) is 5.82. The van der Waals surface area contributed by atoms with Crippen LogP contribution in [-0.2, 0) is 0 Å². The summed E-state index contributed by atoms with van der Waals surface area (Å²) in [4.78, 5) is 14.2. The summed E-state index contributed by atoms with van der Waals surface area (Å²) in [6.45, 7) is 1.88. The summed E-state index contributed by atoms with van der Waals surface area (Å²) >= 11 is 3.41. The van der Waals surface area contributed by atoms with Gasteiger partial charge in [0.15, 0.2) is 0 Å². The summed E-state index contributed by atoms with van der Waals surface area (Å²) in [5.41, 5.74) is 0.735. The number of nitrogens with zero attached hydrogens (tertiary/aromatic N) is 1. The molecule has 0 aromatic heterocycles. The largest absolute Gasteiger partial charge is 0.496 e. The number of halogens is 1. The first kappa shape index (κ1) is 11.1. The fourth-order valence-electron chi connectivity index (χ4n) is 2.55. The Bertz CT molecular complexity index is 464.